The third-order valence-corrected chi connectivity index (χ3v) is 4.49. The van der Waals surface area contributed by atoms with Crippen molar-refractivity contribution in [1.82, 2.24) is 5.32 Å². The SMILES string of the molecule is CC(C)C[C@H](NC(=O)OC(C)(C)C)C(=O)N=S(N)(=O)c1ccccc1F. The Balaban J connectivity index is 3.11. The highest BCUT2D eigenvalue weighted by atomic mass is 32.2. The van der Waals surface area contributed by atoms with E-state index in [9.17, 15) is 18.2 Å². The molecule has 0 spiro atoms. The van der Waals surface area contributed by atoms with Crippen LogP contribution in [0.3, 0.4) is 0 Å². The zero-order chi connectivity index (χ0) is 20.1. The summed E-state index contributed by atoms with van der Waals surface area (Å²) in [4.78, 5) is 24.0. The van der Waals surface area contributed by atoms with Gasteiger partial charge >= 0.3 is 6.09 Å². The van der Waals surface area contributed by atoms with Gasteiger partial charge in [-0.3, -0.25) is 4.79 Å². The van der Waals surface area contributed by atoms with Gasteiger partial charge in [0.1, 0.15) is 27.4 Å². The second-order valence-corrected chi connectivity index (χ2v) is 9.02. The van der Waals surface area contributed by atoms with Gasteiger partial charge in [0.15, 0.2) is 0 Å². The molecular weight excluding hydrogens is 361 g/mol. The van der Waals surface area contributed by atoms with Crippen LogP contribution in [0.5, 0.6) is 0 Å². The van der Waals surface area contributed by atoms with Crippen molar-refractivity contribution in [3.63, 3.8) is 0 Å². The topological polar surface area (TPSA) is 111 Å². The Morgan fingerprint density at radius 1 is 1.31 bits per heavy atom. The van der Waals surface area contributed by atoms with Crippen LogP contribution < -0.4 is 10.5 Å². The van der Waals surface area contributed by atoms with Gasteiger partial charge in [-0.1, -0.05) is 26.0 Å². The van der Waals surface area contributed by atoms with Crippen molar-refractivity contribution in [3.8, 4) is 0 Å². The Kier molecular flexibility index (Phi) is 7.28. The van der Waals surface area contributed by atoms with E-state index in [1.54, 1.807) is 20.8 Å². The number of hydrogen-bond donors (Lipinski definition) is 2. The summed E-state index contributed by atoms with van der Waals surface area (Å²) in [6, 6.07) is 4.04. The summed E-state index contributed by atoms with van der Waals surface area (Å²) >= 11 is 0. The molecule has 0 bridgehead atoms. The van der Waals surface area contributed by atoms with Crippen LogP contribution in [0.1, 0.15) is 41.0 Å². The van der Waals surface area contributed by atoms with Crippen LogP contribution in [0, 0.1) is 11.7 Å². The van der Waals surface area contributed by atoms with E-state index in [-0.39, 0.29) is 17.2 Å². The summed E-state index contributed by atoms with van der Waals surface area (Å²) in [5.74, 6) is -1.70. The van der Waals surface area contributed by atoms with Gasteiger partial charge in [-0.25, -0.2) is 18.5 Å². The van der Waals surface area contributed by atoms with Crippen molar-refractivity contribution in [3.05, 3.63) is 30.1 Å². The van der Waals surface area contributed by atoms with Crippen molar-refractivity contribution >= 4 is 21.9 Å². The third-order valence-electron chi connectivity index (χ3n) is 3.07. The summed E-state index contributed by atoms with van der Waals surface area (Å²) in [7, 11) is -3.78. The number of amides is 2. The number of ether oxygens (including phenoxy) is 1. The quantitative estimate of drug-likeness (QED) is 0.809. The Hall–Kier alpha value is -2.00. The minimum absolute atomic E-state index is 0.0244. The number of carbonyl (C=O) groups excluding carboxylic acids is 2. The average molecular weight is 387 g/mol. The lowest BCUT2D eigenvalue weighted by Gasteiger charge is -2.23. The van der Waals surface area contributed by atoms with E-state index >= 15 is 0 Å². The zero-order valence-electron chi connectivity index (χ0n) is 15.6. The van der Waals surface area contributed by atoms with Crippen molar-refractivity contribution in [2.75, 3.05) is 0 Å². The van der Waals surface area contributed by atoms with Crippen molar-refractivity contribution in [2.45, 2.75) is 57.6 Å². The molecule has 9 heteroatoms. The number of nitrogens with two attached hydrogens (primary N) is 1. The fourth-order valence-electron chi connectivity index (χ4n) is 2.07. The minimum Gasteiger partial charge on any atom is -0.444 e. The highest BCUT2D eigenvalue weighted by Crippen LogP contribution is 2.16. The average Bonchev–Trinajstić information content (AvgIpc) is 2.43. The first-order valence-corrected chi connectivity index (χ1v) is 9.72. The molecule has 1 unspecified atom stereocenters. The van der Waals surface area contributed by atoms with Crippen LogP contribution in [0.2, 0.25) is 0 Å². The smallest absolute Gasteiger partial charge is 0.408 e. The first-order chi connectivity index (χ1) is 11.8. The third kappa shape index (κ3) is 7.09. The Bertz CT molecular complexity index is 780. The maximum absolute atomic E-state index is 13.8. The lowest BCUT2D eigenvalue weighted by atomic mass is 10.0. The fourth-order valence-corrected chi connectivity index (χ4v) is 3.18. The Labute approximate surface area is 153 Å². The maximum atomic E-state index is 13.8. The van der Waals surface area contributed by atoms with Gasteiger partial charge in [-0.05, 0) is 45.2 Å². The van der Waals surface area contributed by atoms with E-state index in [0.717, 1.165) is 6.07 Å². The molecule has 0 radical (unpaired) electrons. The number of nitrogens with one attached hydrogen (secondary N) is 1. The summed E-state index contributed by atoms with van der Waals surface area (Å²) in [6.07, 6.45) is -0.574. The van der Waals surface area contributed by atoms with Crippen molar-refractivity contribution in [1.29, 1.82) is 0 Å². The largest absolute Gasteiger partial charge is 0.444 e. The number of benzene rings is 1. The second kappa shape index (κ2) is 8.59. The molecule has 0 aromatic heterocycles. The molecule has 0 aliphatic carbocycles. The molecule has 1 rings (SSSR count). The first-order valence-electron chi connectivity index (χ1n) is 8.14. The van der Waals surface area contributed by atoms with Crippen LogP contribution in [-0.4, -0.2) is 27.9 Å². The van der Waals surface area contributed by atoms with E-state index in [4.69, 9.17) is 9.88 Å². The molecule has 2 amide bonds. The molecular formula is C17H26FN3O4S. The second-order valence-electron chi connectivity index (χ2n) is 7.26. The van der Waals surface area contributed by atoms with E-state index < -0.39 is 39.4 Å². The molecule has 1 aromatic rings. The fraction of sp³-hybridized carbons (Fsp3) is 0.529. The molecule has 0 aliphatic heterocycles. The van der Waals surface area contributed by atoms with Gasteiger partial charge < -0.3 is 10.1 Å². The summed E-state index contributed by atoms with van der Waals surface area (Å²) < 4.78 is 35.0. The van der Waals surface area contributed by atoms with Crippen molar-refractivity contribution < 1.29 is 22.9 Å². The lowest BCUT2D eigenvalue weighted by Crippen LogP contribution is -2.44. The predicted octanol–water partition coefficient (Wildman–Crippen LogP) is 2.99. The zero-order valence-corrected chi connectivity index (χ0v) is 16.4. The number of halogens is 1. The van der Waals surface area contributed by atoms with Gasteiger partial charge in [-0.15, -0.1) is 4.36 Å². The number of alkyl carbamates (subject to hydrolysis) is 1. The van der Waals surface area contributed by atoms with Crippen molar-refractivity contribution in [2.24, 2.45) is 15.4 Å². The monoisotopic (exact) mass is 387 g/mol. The van der Waals surface area contributed by atoms with E-state index in [0.29, 0.717) is 0 Å². The predicted molar refractivity (Wildman–Crippen MR) is 97.0 cm³/mol. The van der Waals surface area contributed by atoms with Crippen LogP contribution in [0.25, 0.3) is 0 Å². The van der Waals surface area contributed by atoms with E-state index in [1.165, 1.54) is 18.2 Å². The standard InChI is InChI=1S/C17H26FN3O4S/c1-11(2)10-13(20-16(23)25-17(3,4)5)15(22)21-26(19,24)14-9-7-6-8-12(14)18/h6-9,11,13H,10H2,1-5H3,(H,20,23)(H2,19,21,22,24)/t13-,26?/m0/s1. The summed E-state index contributed by atoms with van der Waals surface area (Å²) in [6.45, 7) is 8.73. The molecule has 146 valence electrons. The van der Waals surface area contributed by atoms with E-state index in [1.807, 2.05) is 13.8 Å². The molecule has 2 atom stereocenters. The van der Waals surface area contributed by atoms with Gasteiger partial charge in [0.05, 0.1) is 4.90 Å². The molecule has 0 fully saturated rings. The van der Waals surface area contributed by atoms with Crippen LogP contribution in [0.4, 0.5) is 9.18 Å². The molecule has 7 nitrogen and oxygen atoms in total. The first kappa shape index (κ1) is 22.0. The van der Waals surface area contributed by atoms with Crippen LogP contribution in [-0.2, 0) is 19.4 Å². The summed E-state index contributed by atoms with van der Waals surface area (Å²) in [5, 5.41) is 8.01. The van der Waals surface area contributed by atoms with Gasteiger partial charge in [0.2, 0.25) is 0 Å². The summed E-state index contributed by atoms with van der Waals surface area (Å²) in [5.41, 5.74) is -0.749. The molecule has 26 heavy (non-hydrogen) atoms. The highest BCUT2D eigenvalue weighted by molar-refractivity contribution is 7.91. The lowest BCUT2D eigenvalue weighted by molar-refractivity contribution is -0.120. The van der Waals surface area contributed by atoms with E-state index in [2.05, 4.69) is 9.68 Å². The minimum atomic E-state index is -3.78. The van der Waals surface area contributed by atoms with Crippen LogP contribution in [0.15, 0.2) is 33.5 Å². The maximum Gasteiger partial charge on any atom is 0.408 e. The van der Waals surface area contributed by atoms with Crippen LogP contribution >= 0.6 is 0 Å². The molecule has 0 saturated heterocycles. The van der Waals surface area contributed by atoms with Gasteiger partial charge in [-0.2, -0.15) is 0 Å². The molecule has 0 aliphatic rings. The normalized spacial score (nSPS) is 15.1. The molecule has 0 saturated carbocycles. The molecule has 0 heterocycles. The Morgan fingerprint density at radius 2 is 1.88 bits per heavy atom. The van der Waals surface area contributed by atoms with Gasteiger partial charge in [0.25, 0.3) is 5.91 Å². The number of carbonyl (C=O) groups is 2. The number of hydrogen-bond acceptors (Lipinski definition) is 4. The highest BCUT2D eigenvalue weighted by Gasteiger charge is 2.26. The number of nitrogens with zero attached hydrogens (tertiary/aromatic N) is 1. The van der Waals surface area contributed by atoms with Gasteiger partial charge in [0, 0.05) is 0 Å². The molecule has 1 aromatic carbocycles. The number of rotatable bonds is 5. The Morgan fingerprint density at radius 3 is 2.38 bits per heavy atom. The molecule has 3 N–H and O–H groups in total.